The quantitative estimate of drug-likeness (QED) is 0.527. The van der Waals surface area contributed by atoms with Gasteiger partial charge in [0.1, 0.15) is 0 Å². The van der Waals surface area contributed by atoms with E-state index in [-0.39, 0.29) is 0 Å². The summed E-state index contributed by atoms with van der Waals surface area (Å²) in [6.45, 7) is 17.0. The van der Waals surface area contributed by atoms with Gasteiger partial charge < -0.3 is 15.0 Å². The molecule has 0 amide bonds. The first-order valence-electron chi connectivity index (χ1n) is 10.2. The number of ether oxygens (including phenoxy) is 1. The molecule has 6 heteroatoms. The molecule has 2 aliphatic heterocycles. The molecule has 2 unspecified atom stereocenters. The molecular formula is C19H39N5O. The van der Waals surface area contributed by atoms with Gasteiger partial charge in [0.15, 0.2) is 5.96 Å². The van der Waals surface area contributed by atoms with E-state index in [2.05, 4.69) is 47.8 Å². The molecule has 2 fully saturated rings. The maximum absolute atomic E-state index is 5.43. The highest BCUT2D eigenvalue weighted by atomic mass is 16.5. The molecule has 2 rings (SSSR count). The van der Waals surface area contributed by atoms with Crippen molar-refractivity contribution in [2.45, 2.75) is 39.7 Å². The Bertz CT molecular complexity index is 397. The molecule has 0 aromatic rings. The highest BCUT2D eigenvalue weighted by molar-refractivity contribution is 5.79. The Morgan fingerprint density at radius 3 is 2.72 bits per heavy atom. The number of likely N-dealkylation sites (tertiary alicyclic amines) is 1. The monoisotopic (exact) mass is 353 g/mol. The van der Waals surface area contributed by atoms with Crippen LogP contribution < -0.4 is 5.32 Å². The van der Waals surface area contributed by atoms with Gasteiger partial charge in [-0.05, 0) is 38.8 Å². The molecule has 0 aliphatic carbocycles. The highest BCUT2D eigenvalue weighted by Gasteiger charge is 2.25. The number of rotatable bonds is 8. The molecule has 0 aromatic carbocycles. The number of morpholine rings is 1. The summed E-state index contributed by atoms with van der Waals surface area (Å²) in [7, 11) is 2.18. The second-order valence-electron chi connectivity index (χ2n) is 7.52. The van der Waals surface area contributed by atoms with Crippen molar-refractivity contribution in [2.75, 3.05) is 72.6 Å². The molecule has 2 atom stereocenters. The third-order valence-corrected chi connectivity index (χ3v) is 5.31. The van der Waals surface area contributed by atoms with E-state index in [1.54, 1.807) is 0 Å². The molecule has 2 aliphatic rings. The van der Waals surface area contributed by atoms with E-state index in [9.17, 15) is 0 Å². The summed E-state index contributed by atoms with van der Waals surface area (Å²) in [6, 6.07) is 0.671. The molecule has 25 heavy (non-hydrogen) atoms. The number of likely N-dealkylation sites (N-methyl/N-ethyl adjacent to an activating group) is 2. The minimum atomic E-state index is 0.568. The lowest BCUT2D eigenvalue weighted by Crippen LogP contribution is -2.46. The Labute approximate surface area is 154 Å². The van der Waals surface area contributed by atoms with Gasteiger partial charge in [-0.3, -0.25) is 14.8 Å². The lowest BCUT2D eigenvalue weighted by molar-refractivity contribution is 0.0323. The Hall–Kier alpha value is -0.850. The first kappa shape index (κ1) is 20.5. The summed E-state index contributed by atoms with van der Waals surface area (Å²) in [6.07, 6.45) is 2.64. The third-order valence-electron chi connectivity index (χ3n) is 5.31. The summed E-state index contributed by atoms with van der Waals surface area (Å²) in [5.41, 5.74) is 0. The van der Waals surface area contributed by atoms with Crippen LogP contribution in [0, 0.1) is 5.92 Å². The molecule has 1 N–H and O–H groups in total. The van der Waals surface area contributed by atoms with E-state index in [0.717, 1.165) is 65.0 Å². The average molecular weight is 354 g/mol. The minimum Gasteiger partial charge on any atom is -0.379 e. The third kappa shape index (κ3) is 6.76. The summed E-state index contributed by atoms with van der Waals surface area (Å²) < 4.78 is 5.43. The fraction of sp³-hybridized carbons (Fsp3) is 0.947. The number of nitrogens with one attached hydrogen (secondary N) is 1. The van der Waals surface area contributed by atoms with Crippen molar-refractivity contribution < 1.29 is 4.74 Å². The van der Waals surface area contributed by atoms with Crippen LogP contribution in [0.5, 0.6) is 0 Å². The standard InChI is InChI=1S/C19H39N5O/c1-5-20-19(22(4)16-18-8-7-9-24(18)6-2)21-14-17(3)15-23-10-12-25-13-11-23/h17-18H,5-16H2,1-4H3,(H,20,21). The van der Waals surface area contributed by atoms with Gasteiger partial charge in [-0.2, -0.15) is 0 Å². The summed E-state index contributed by atoms with van der Waals surface area (Å²) in [4.78, 5) is 12.3. The number of nitrogens with zero attached hydrogens (tertiary/aromatic N) is 4. The molecule has 2 heterocycles. The fourth-order valence-electron chi connectivity index (χ4n) is 3.92. The summed E-state index contributed by atoms with van der Waals surface area (Å²) >= 11 is 0. The van der Waals surface area contributed by atoms with Crippen LogP contribution in [-0.4, -0.2) is 99.3 Å². The van der Waals surface area contributed by atoms with E-state index in [4.69, 9.17) is 9.73 Å². The molecular weight excluding hydrogens is 314 g/mol. The van der Waals surface area contributed by atoms with Gasteiger partial charge in [0.2, 0.25) is 0 Å². The number of hydrogen-bond acceptors (Lipinski definition) is 4. The lowest BCUT2D eigenvalue weighted by atomic mass is 10.1. The van der Waals surface area contributed by atoms with Crippen molar-refractivity contribution in [2.24, 2.45) is 10.9 Å². The number of aliphatic imine (C=N–C) groups is 1. The van der Waals surface area contributed by atoms with Crippen molar-refractivity contribution in [1.29, 1.82) is 0 Å². The van der Waals surface area contributed by atoms with Crippen molar-refractivity contribution in [1.82, 2.24) is 20.0 Å². The summed E-state index contributed by atoms with van der Waals surface area (Å²) in [5, 5.41) is 3.47. The zero-order valence-electron chi connectivity index (χ0n) is 16.8. The minimum absolute atomic E-state index is 0.568. The van der Waals surface area contributed by atoms with Crippen LogP contribution in [-0.2, 0) is 4.74 Å². The van der Waals surface area contributed by atoms with E-state index < -0.39 is 0 Å². The molecule has 2 saturated heterocycles. The Kier molecular flexibility index (Phi) is 8.99. The van der Waals surface area contributed by atoms with E-state index in [1.807, 2.05) is 0 Å². The van der Waals surface area contributed by atoms with Crippen molar-refractivity contribution in [3.05, 3.63) is 0 Å². The summed E-state index contributed by atoms with van der Waals surface area (Å²) in [5.74, 6) is 1.62. The van der Waals surface area contributed by atoms with Gasteiger partial charge in [-0.25, -0.2) is 0 Å². The van der Waals surface area contributed by atoms with Crippen LogP contribution in [0.25, 0.3) is 0 Å². The predicted octanol–water partition coefficient (Wildman–Crippen LogP) is 1.34. The van der Waals surface area contributed by atoms with Crippen LogP contribution in [0.3, 0.4) is 0 Å². The van der Waals surface area contributed by atoms with E-state index in [1.165, 1.54) is 19.4 Å². The Balaban J connectivity index is 1.83. The van der Waals surface area contributed by atoms with Gasteiger partial charge in [0.05, 0.1) is 13.2 Å². The molecule has 146 valence electrons. The van der Waals surface area contributed by atoms with Crippen LogP contribution in [0.1, 0.15) is 33.6 Å². The zero-order valence-corrected chi connectivity index (χ0v) is 16.8. The van der Waals surface area contributed by atoms with Gasteiger partial charge in [0.25, 0.3) is 0 Å². The maximum Gasteiger partial charge on any atom is 0.193 e. The van der Waals surface area contributed by atoms with E-state index >= 15 is 0 Å². The molecule has 0 spiro atoms. The number of hydrogen-bond donors (Lipinski definition) is 1. The van der Waals surface area contributed by atoms with Gasteiger partial charge in [0, 0.05) is 52.4 Å². The smallest absolute Gasteiger partial charge is 0.193 e. The molecule has 0 radical (unpaired) electrons. The van der Waals surface area contributed by atoms with Crippen LogP contribution in [0.15, 0.2) is 4.99 Å². The van der Waals surface area contributed by atoms with Crippen molar-refractivity contribution in [3.8, 4) is 0 Å². The lowest BCUT2D eigenvalue weighted by Gasteiger charge is -2.30. The van der Waals surface area contributed by atoms with E-state index in [0.29, 0.717) is 12.0 Å². The SMILES string of the molecule is CCNC(=NCC(C)CN1CCOCC1)N(C)CC1CCCN1CC. The van der Waals surface area contributed by atoms with Crippen LogP contribution in [0.4, 0.5) is 0 Å². The first-order chi connectivity index (χ1) is 12.1. The van der Waals surface area contributed by atoms with Crippen LogP contribution >= 0.6 is 0 Å². The van der Waals surface area contributed by atoms with Crippen molar-refractivity contribution in [3.63, 3.8) is 0 Å². The molecule has 0 aromatic heterocycles. The maximum atomic E-state index is 5.43. The second-order valence-corrected chi connectivity index (χ2v) is 7.52. The van der Waals surface area contributed by atoms with Gasteiger partial charge >= 0.3 is 0 Å². The second kappa shape index (κ2) is 11.0. The number of guanidine groups is 1. The van der Waals surface area contributed by atoms with Gasteiger partial charge in [-0.1, -0.05) is 13.8 Å². The largest absolute Gasteiger partial charge is 0.379 e. The molecule has 0 saturated carbocycles. The average Bonchev–Trinajstić information content (AvgIpc) is 3.06. The highest BCUT2D eigenvalue weighted by Crippen LogP contribution is 2.17. The van der Waals surface area contributed by atoms with Gasteiger partial charge in [-0.15, -0.1) is 0 Å². The molecule has 6 nitrogen and oxygen atoms in total. The molecule has 0 bridgehead atoms. The first-order valence-corrected chi connectivity index (χ1v) is 10.2. The fourth-order valence-corrected chi connectivity index (χ4v) is 3.92. The van der Waals surface area contributed by atoms with Crippen molar-refractivity contribution >= 4 is 5.96 Å². The Morgan fingerprint density at radius 1 is 1.28 bits per heavy atom. The van der Waals surface area contributed by atoms with Crippen LogP contribution in [0.2, 0.25) is 0 Å². The predicted molar refractivity (Wildman–Crippen MR) is 105 cm³/mol. The normalized spacial score (nSPS) is 24.5. The Morgan fingerprint density at radius 2 is 2.04 bits per heavy atom. The topological polar surface area (TPSA) is 43.3 Å². The zero-order chi connectivity index (χ0) is 18.1.